The molecule has 0 unspecified atom stereocenters. The van der Waals surface area contributed by atoms with E-state index in [2.05, 4.69) is 122 Å². The first kappa shape index (κ1) is 44.5. The number of para-hydroxylation sites is 1. The topological polar surface area (TPSA) is 35.9 Å². The number of pyridine rings is 1. The Morgan fingerprint density at radius 2 is 1.05 bits per heavy atom. The predicted molar refractivity (Wildman–Crippen MR) is 363 cm³/mol. The van der Waals surface area contributed by atoms with Crippen LogP contribution in [-0.4, -0.2) is 22.2 Å². The Hall–Kier alpha value is -7.89. The maximum absolute atomic E-state index is 10.2. The van der Waals surface area contributed by atoms with Crippen molar-refractivity contribution in [2.45, 2.75) is 131 Å². The van der Waals surface area contributed by atoms with Crippen molar-refractivity contribution < 1.29 is 50.9 Å². The smallest absolute Gasteiger partial charge is 0.268 e. The molecule has 0 amide bonds. The van der Waals surface area contributed by atoms with E-state index in [0.29, 0.717) is 45.2 Å². The summed E-state index contributed by atoms with van der Waals surface area (Å²) in [6.07, 6.45) is 5.54. The van der Waals surface area contributed by atoms with Gasteiger partial charge in [-0.15, -0.1) is 29.7 Å². The van der Waals surface area contributed by atoms with Gasteiger partial charge in [0.2, 0.25) is 0 Å². The molecule has 0 aliphatic carbocycles. The first-order chi connectivity index (χ1) is 47.0. The van der Waals surface area contributed by atoms with Crippen LogP contribution in [0.1, 0.15) is 152 Å². The first-order valence-corrected chi connectivity index (χ1v) is 31.2. The summed E-state index contributed by atoms with van der Waals surface area (Å²) in [6.45, 7) is 31.2. The van der Waals surface area contributed by atoms with Gasteiger partial charge in [0.05, 0.1) is 37.3 Å². The zero-order chi connectivity index (χ0) is 73.8. The first-order valence-electron chi connectivity index (χ1n) is 36.7. The number of imidazole rings is 1. The molecule has 0 saturated carbocycles. The Balaban J connectivity index is 0.0000105. The van der Waals surface area contributed by atoms with Crippen molar-refractivity contribution in [1.29, 1.82) is 0 Å². The van der Waals surface area contributed by atoms with Crippen molar-refractivity contribution in [1.82, 2.24) is 14.1 Å². The Labute approximate surface area is 553 Å². The van der Waals surface area contributed by atoms with E-state index in [4.69, 9.17) is 13.8 Å². The van der Waals surface area contributed by atoms with E-state index in [-0.39, 0.29) is 48.2 Å². The van der Waals surface area contributed by atoms with Crippen molar-refractivity contribution in [2.75, 3.05) is 0 Å². The van der Waals surface area contributed by atoms with Crippen molar-refractivity contribution in [3.05, 3.63) is 258 Å². The van der Waals surface area contributed by atoms with E-state index >= 15 is 0 Å². The van der Waals surface area contributed by atoms with E-state index in [1.54, 1.807) is 21.3 Å². The fraction of sp³-hybridized carbons (Fsp3) is 0.250. The Morgan fingerprint density at radius 3 is 1.62 bits per heavy atom. The third-order valence-electron chi connectivity index (χ3n) is 16.3. The fourth-order valence-electron chi connectivity index (χ4n) is 11.5. The summed E-state index contributed by atoms with van der Waals surface area (Å²) in [7, 11) is -5.84. The van der Waals surface area contributed by atoms with Crippen LogP contribution in [0.15, 0.2) is 212 Å². The van der Waals surface area contributed by atoms with Gasteiger partial charge in [0.15, 0.2) is 8.07 Å². The van der Waals surface area contributed by atoms with Gasteiger partial charge in [0.25, 0.3) is 6.33 Å². The van der Waals surface area contributed by atoms with Crippen LogP contribution in [0.5, 0.6) is 11.5 Å². The van der Waals surface area contributed by atoms with E-state index in [1.807, 2.05) is 114 Å². The number of rotatable bonds is 10. The number of nitrogens with zero attached hydrogens (tertiary/aromatic N) is 4. The van der Waals surface area contributed by atoms with E-state index < -0.39 is 125 Å². The molecule has 87 heavy (non-hydrogen) atoms. The molecule has 9 aromatic carbocycles. The minimum absolute atomic E-state index is 0. The number of hydrogen-bond donors (Lipinski definition) is 0. The Bertz CT molecular complexity index is 5170. The van der Waals surface area contributed by atoms with E-state index in [1.165, 1.54) is 0 Å². The number of ether oxygens (including phenoxy) is 1. The largest absolute Gasteiger partial charge is 0.510 e. The van der Waals surface area contributed by atoms with Crippen molar-refractivity contribution >= 4 is 61.7 Å². The van der Waals surface area contributed by atoms with Gasteiger partial charge >= 0.3 is 0 Å². The van der Waals surface area contributed by atoms with Gasteiger partial charge in [-0.2, -0.15) is 18.2 Å². The fourth-order valence-corrected chi connectivity index (χ4v) is 15.5. The molecule has 0 spiro atoms. The van der Waals surface area contributed by atoms with Gasteiger partial charge in [0, 0.05) is 44.3 Å². The van der Waals surface area contributed by atoms with Crippen LogP contribution in [0.3, 0.4) is 0 Å². The molecule has 3 heterocycles. The van der Waals surface area contributed by atoms with Crippen LogP contribution >= 0.6 is 0 Å². The molecular weight excluding hydrogens is 1260 g/mol. The van der Waals surface area contributed by atoms with Crippen LogP contribution in [0.25, 0.3) is 61.2 Å². The summed E-state index contributed by atoms with van der Waals surface area (Å²) in [6, 6.07) is 32.2. The van der Waals surface area contributed by atoms with Crippen LogP contribution in [0, 0.1) is 18.5 Å². The summed E-state index contributed by atoms with van der Waals surface area (Å²) in [5.41, 5.74) is 6.86. The van der Waals surface area contributed by atoms with Crippen LogP contribution in [0.4, 0.5) is 0 Å². The number of fused-ring (bicyclic) bond motifs is 4. The van der Waals surface area contributed by atoms with Crippen molar-refractivity contribution in [3.8, 4) is 39.8 Å². The SMILES string of the molecule is [2H]c1c([2H])c([2H])c([Si](c2cc(C(C)(C)C)cc(C(C)(C)C)c2-[n+]2[c-]n(-c3[c-]c(Oc4[c-]c5c(cc4)c4ccccc4n5-c4cc(C(C)(C)C)ccn4)ccc3)c3cc(-c4cc(C(C)(C)C)cc(C(C)(C)C)c4)ccc32)(c2c([2H])c([2H])c([2H])c([2H])c2[2H])c2c([2H])c([2H])c([2H])c([2H])c2[2H])c([2H])c1[2H].[Pt]. The standard InChI is InChI=1S/C80H80N4OSi.Pt/c1-76(2,3)56-42-43-81-74(50-56)84-69-37-26-25-36-66(69)67-40-39-62(52-71(67)84)85-61-29-27-28-60(51-61)82-53-83(70-41-38-54(46-72(70)82)55-44-57(77(4,5)6)47-58(45-55)78(7,8)9)75-68(80(13,14)15)48-59(79(10,11)12)49-73(75)86(63-30-19-16-20-31-63,64-32-21-17-22-33-64)65-34-23-18-24-35-65;/h16-50H,1-15H3;/q-2;/i16D,17D,18D,19D,20D,21D,22D,23D,24D,30D,31D,32D,33D,34D,35D;. The molecule has 3 aromatic heterocycles. The van der Waals surface area contributed by atoms with Crippen molar-refractivity contribution in [3.63, 3.8) is 0 Å². The minimum Gasteiger partial charge on any atom is -0.510 e. The molecule has 0 radical (unpaired) electrons. The van der Waals surface area contributed by atoms with Crippen LogP contribution < -0.4 is 30.1 Å². The Kier molecular flexibility index (Phi) is 11.6. The maximum Gasteiger partial charge on any atom is 0.268 e. The van der Waals surface area contributed by atoms with E-state index in [9.17, 15) is 16.4 Å². The number of aromatic nitrogens is 4. The zero-order valence-corrected chi connectivity index (χ0v) is 55.3. The molecule has 0 saturated heterocycles. The summed E-state index contributed by atoms with van der Waals surface area (Å²) in [5.74, 6) is 1.38. The molecule has 0 aliphatic heterocycles. The second-order valence-electron chi connectivity index (χ2n) is 27.5. The molecule has 442 valence electrons. The average molecular weight is 1350 g/mol. The summed E-state index contributed by atoms with van der Waals surface area (Å²) in [4.78, 5) is 4.88. The summed E-state index contributed by atoms with van der Waals surface area (Å²) < 4.78 is 157. The van der Waals surface area contributed by atoms with Crippen LogP contribution in [-0.2, 0) is 48.1 Å². The molecule has 0 bridgehead atoms. The van der Waals surface area contributed by atoms with Crippen molar-refractivity contribution in [2.24, 2.45) is 0 Å². The molecular formula is C80H80N4OPtSi-2. The van der Waals surface area contributed by atoms with Gasteiger partial charge in [-0.25, -0.2) is 4.98 Å². The molecule has 0 aliphatic rings. The van der Waals surface area contributed by atoms with Gasteiger partial charge in [-0.1, -0.05) is 261 Å². The molecule has 0 atom stereocenters. The second-order valence-corrected chi connectivity index (χ2v) is 31.1. The van der Waals surface area contributed by atoms with Gasteiger partial charge in [0.1, 0.15) is 5.82 Å². The molecule has 7 heteroatoms. The number of hydrogen-bond acceptors (Lipinski definition) is 2. The van der Waals surface area contributed by atoms with E-state index in [0.717, 1.165) is 49.6 Å². The van der Waals surface area contributed by atoms with Gasteiger partial charge < -0.3 is 13.9 Å². The normalized spacial score (nSPS) is 15.1. The third kappa shape index (κ3) is 11.4. The second kappa shape index (κ2) is 22.7. The molecule has 12 aromatic rings. The van der Waals surface area contributed by atoms with Crippen LogP contribution in [0.2, 0.25) is 0 Å². The maximum atomic E-state index is 10.2. The minimum atomic E-state index is -5.84. The van der Waals surface area contributed by atoms with Gasteiger partial charge in [-0.05, 0) is 122 Å². The quantitative estimate of drug-likeness (QED) is 0.0592. The number of benzene rings is 9. The monoisotopic (exact) mass is 1350 g/mol. The molecule has 12 rings (SSSR count). The molecule has 0 fully saturated rings. The average Bonchev–Trinajstić information content (AvgIpc) is 0.718. The summed E-state index contributed by atoms with van der Waals surface area (Å²) in [5, 5.41) is 0.117. The summed E-state index contributed by atoms with van der Waals surface area (Å²) >= 11 is 0. The Morgan fingerprint density at radius 1 is 0.483 bits per heavy atom. The predicted octanol–water partition coefficient (Wildman–Crippen LogP) is 17.1. The zero-order valence-electron chi connectivity index (χ0n) is 67.1. The van der Waals surface area contributed by atoms with Gasteiger partial charge in [-0.3, -0.25) is 4.57 Å². The third-order valence-corrected chi connectivity index (χ3v) is 20.5. The molecule has 5 nitrogen and oxygen atoms in total. The molecule has 0 N–H and O–H groups in total.